The Balaban J connectivity index is 1.96. The molecule has 27 heavy (non-hydrogen) atoms. The molecular formula is C18H16F3N5S. The van der Waals surface area contributed by atoms with Gasteiger partial charge in [-0.2, -0.15) is 23.0 Å². The Morgan fingerprint density at radius 3 is 2.63 bits per heavy atom. The number of thioether (sulfide) groups is 1. The zero-order valence-electron chi connectivity index (χ0n) is 14.9. The van der Waals surface area contributed by atoms with Crippen LogP contribution >= 0.6 is 11.8 Å². The molecule has 0 aliphatic carbocycles. The van der Waals surface area contributed by atoms with Crippen molar-refractivity contribution in [2.45, 2.75) is 25.0 Å². The van der Waals surface area contributed by atoms with Crippen LogP contribution in [0.1, 0.15) is 18.1 Å². The van der Waals surface area contributed by atoms with E-state index in [0.717, 1.165) is 39.5 Å². The van der Waals surface area contributed by atoms with Crippen LogP contribution in [-0.4, -0.2) is 30.1 Å². The topological polar surface area (TPSA) is 48.5 Å². The smallest absolute Gasteiger partial charge is 0.296 e. The minimum Gasteiger partial charge on any atom is -0.296 e. The first kappa shape index (κ1) is 17.8. The Hall–Kier alpha value is -2.55. The van der Waals surface area contributed by atoms with E-state index in [-0.39, 0.29) is 5.52 Å². The maximum atomic E-state index is 13.0. The van der Waals surface area contributed by atoms with Crippen molar-refractivity contribution in [2.75, 3.05) is 5.75 Å². The molecule has 3 aromatic heterocycles. The monoisotopic (exact) mass is 391 g/mol. The van der Waals surface area contributed by atoms with Gasteiger partial charge in [-0.25, -0.2) is 9.97 Å². The van der Waals surface area contributed by atoms with Gasteiger partial charge in [-0.1, -0.05) is 13.0 Å². The molecule has 0 amide bonds. The molecule has 3 heterocycles. The normalized spacial score (nSPS) is 12.4. The lowest BCUT2D eigenvalue weighted by Gasteiger charge is -2.06. The molecule has 0 fully saturated rings. The van der Waals surface area contributed by atoms with Crippen molar-refractivity contribution in [1.82, 2.24) is 24.3 Å². The average Bonchev–Trinajstić information content (AvgIpc) is 3.12. The second kappa shape index (κ2) is 6.26. The van der Waals surface area contributed by atoms with Gasteiger partial charge in [0.1, 0.15) is 10.5 Å². The van der Waals surface area contributed by atoms with Crippen LogP contribution in [0.5, 0.6) is 0 Å². The molecule has 0 saturated carbocycles. The predicted octanol–water partition coefficient (Wildman–Crippen LogP) is 4.75. The third-order valence-electron chi connectivity index (χ3n) is 4.27. The molecular weight excluding hydrogens is 375 g/mol. The number of pyridine rings is 1. The SMILES string of the molecule is CCSc1c2ccc(C)cc2nn1-c1nc2cc(C(F)(F)F)cnc2n1C. The van der Waals surface area contributed by atoms with Crippen molar-refractivity contribution in [3.05, 3.63) is 41.6 Å². The van der Waals surface area contributed by atoms with Crippen LogP contribution in [0, 0.1) is 6.92 Å². The van der Waals surface area contributed by atoms with Crippen molar-refractivity contribution in [3.8, 4) is 5.95 Å². The van der Waals surface area contributed by atoms with Gasteiger partial charge in [0.15, 0.2) is 5.65 Å². The van der Waals surface area contributed by atoms with Crippen molar-refractivity contribution in [2.24, 2.45) is 7.05 Å². The first-order valence-electron chi connectivity index (χ1n) is 8.32. The van der Waals surface area contributed by atoms with Gasteiger partial charge < -0.3 is 0 Å². The number of aromatic nitrogens is 5. The number of halogens is 3. The molecule has 4 aromatic rings. The minimum atomic E-state index is -4.46. The molecule has 0 aliphatic heterocycles. The first-order chi connectivity index (χ1) is 12.8. The quantitative estimate of drug-likeness (QED) is 0.473. The highest BCUT2D eigenvalue weighted by atomic mass is 32.2. The Morgan fingerprint density at radius 1 is 1.15 bits per heavy atom. The maximum absolute atomic E-state index is 13.0. The van der Waals surface area contributed by atoms with Gasteiger partial charge in [-0.15, -0.1) is 11.8 Å². The summed E-state index contributed by atoms with van der Waals surface area (Å²) in [5.41, 5.74) is 1.65. The van der Waals surface area contributed by atoms with Crippen LogP contribution in [0.15, 0.2) is 35.5 Å². The van der Waals surface area contributed by atoms with Gasteiger partial charge >= 0.3 is 6.18 Å². The third kappa shape index (κ3) is 2.95. The molecule has 140 valence electrons. The van der Waals surface area contributed by atoms with E-state index in [0.29, 0.717) is 11.6 Å². The second-order valence-electron chi connectivity index (χ2n) is 6.21. The number of nitrogens with zero attached hydrogens (tertiary/aromatic N) is 5. The van der Waals surface area contributed by atoms with Gasteiger partial charge in [0.05, 0.1) is 11.1 Å². The summed E-state index contributed by atoms with van der Waals surface area (Å²) < 4.78 is 42.3. The number of alkyl halides is 3. The summed E-state index contributed by atoms with van der Waals surface area (Å²) in [5, 5.41) is 6.55. The molecule has 1 aromatic carbocycles. The second-order valence-corrected chi connectivity index (χ2v) is 7.46. The van der Waals surface area contributed by atoms with E-state index in [1.807, 2.05) is 32.0 Å². The summed E-state index contributed by atoms with van der Waals surface area (Å²) in [6, 6.07) is 7.02. The van der Waals surface area contributed by atoms with E-state index in [2.05, 4.69) is 15.1 Å². The number of hydrogen-bond acceptors (Lipinski definition) is 4. The molecule has 5 nitrogen and oxygen atoms in total. The van der Waals surface area contributed by atoms with Crippen LogP contribution in [0.2, 0.25) is 0 Å². The summed E-state index contributed by atoms with van der Waals surface area (Å²) in [5.74, 6) is 1.26. The Morgan fingerprint density at radius 2 is 1.93 bits per heavy atom. The van der Waals surface area contributed by atoms with Gasteiger partial charge in [0.25, 0.3) is 0 Å². The van der Waals surface area contributed by atoms with Crippen LogP contribution in [-0.2, 0) is 13.2 Å². The van der Waals surface area contributed by atoms with Crippen LogP contribution in [0.3, 0.4) is 0 Å². The summed E-state index contributed by atoms with van der Waals surface area (Å²) in [6.07, 6.45) is -3.63. The van der Waals surface area contributed by atoms with E-state index in [1.165, 1.54) is 0 Å². The third-order valence-corrected chi connectivity index (χ3v) is 5.22. The molecule has 0 spiro atoms. The highest BCUT2D eigenvalue weighted by molar-refractivity contribution is 7.99. The lowest BCUT2D eigenvalue weighted by atomic mass is 10.2. The largest absolute Gasteiger partial charge is 0.417 e. The molecule has 0 atom stereocenters. The molecule has 0 N–H and O–H groups in total. The zero-order chi connectivity index (χ0) is 19.3. The molecule has 0 radical (unpaired) electrons. The van der Waals surface area contributed by atoms with Crippen molar-refractivity contribution in [3.63, 3.8) is 0 Å². The van der Waals surface area contributed by atoms with E-state index >= 15 is 0 Å². The summed E-state index contributed by atoms with van der Waals surface area (Å²) >= 11 is 1.61. The Kier molecular flexibility index (Phi) is 4.14. The van der Waals surface area contributed by atoms with Crippen molar-refractivity contribution in [1.29, 1.82) is 0 Å². The fourth-order valence-electron chi connectivity index (χ4n) is 2.99. The summed E-state index contributed by atoms with van der Waals surface area (Å²) in [6.45, 7) is 4.02. The molecule has 0 bridgehead atoms. The van der Waals surface area contributed by atoms with Gasteiger partial charge in [-0.05, 0) is 36.4 Å². The van der Waals surface area contributed by atoms with Crippen molar-refractivity contribution >= 4 is 33.8 Å². The first-order valence-corrected chi connectivity index (χ1v) is 9.30. The Bertz CT molecular complexity index is 1160. The lowest BCUT2D eigenvalue weighted by molar-refractivity contribution is -0.137. The van der Waals surface area contributed by atoms with E-state index in [9.17, 15) is 13.2 Å². The molecule has 0 unspecified atom stereocenters. The standard InChI is InChI=1S/C18H16F3N5S/c1-4-27-16-12-6-5-10(2)7-13(12)24-26(16)17-23-14-8-11(18(19,20)21)9-22-15(14)25(17)3/h5-9H,4H2,1-3H3. The van der Waals surface area contributed by atoms with E-state index in [4.69, 9.17) is 0 Å². The zero-order valence-corrected chi connectivity index (χ0v) is 15.7. The van der Waals surface area contributed by atoms with Gasteiger partial charge in [-0.3, -0.25) is 4.57 Å². The van der Waals surface area contributed by atoms with E-state index in [1.54, 1.807) is 28.1 Å². The number of imidazole rings is 1. The number of aryl methyl sites for hydroxylation is 2. The van der Waals surface area contributed by atoms with Gasteiger partial charge in [0, 0.05) is 18.6 Å². The number of rotatable bonds is 3. The van der Waals surface area contributed by atoms with E-state index < -0.39 is 11.7 Å². The summed E-state index contributed by atoms with van der Waals surface area (Å²) in [4.78, 5) is 8.37. The molecule has 9 heteroatoms. The lowest BCUT2D eigenvalue weighted by Crippen LogP contribution is -2.07. The minimum absolute atomic E-state index is 0.186. The Labute approximate surface area is 157 Å². The fourth-order valence-corrected chi connectivity index (χ4v) is 3.84. The maximum Gasteiger partial charge on any atom is 0.417 e. The molecule has 4 rings (SSSR count). The molecule has 0 aliphatic rings. The van der Waals surface area contributed by atoms with Crippen LogP contribution < -0.4 is 0 Å². The number of fused-ring (bicyclic) bond motifs is 2. The number of hydrogen-bond donors (Lipinski definition) is 0. The van der Waals surface area contributed by atoms with Gasteiger partial charge in [0.2, 0.25) is 5.95 Å². The fraction of sp³-hybridized carbons (Fsp3) is 0.278. The van der Waals surface area contributed by atoms with Crippen LogP contribution in [0.25, 0.3) is 28.0 Å². The molecule has 0 saturated heterocycles. The number of benzene rings is 1. The highest BCUT2D eigenvalue weighted by Gasteiger charge is 2.32. The van der Waals surface area contributed by atoms with Crippen LogP contribution in [0.4, 0.5) is 13.2 Å². The van der Waals surface area contributed by atoms with Crippen molar-refractivity contribution < 1.29 is 13.2 Å². The highest BCUT2D eigenvalue weighted by Crippen LogP contribution is 2.33. The average molecular weight is 391 g/mol. The predicted molar refractivity (Wildman–Crippen MR) is 99.3 cm³/mol. The summed E-state index contributed by atoms with van der Waals surface area (Å²) in [7, 11) is 1.73.